The number of piperidine rings is 1. The van der Waals surface area contributed by atoms with E-state index in [1.807, 2.05) is 0 Å². The van der Waals surface area contributed by atoms with Crippen molar-refractivity contribution in [1.29, 1.82) is 0 Å². The van der Waals surface area contributed by atoms with Gasteiger partial charge in [0.05, 0.1) is 20.8 Å². The van der Waals surface area contributed by atoms with Crippen LogP contribution in [0.3, 0.4) is 0 Å². The van der Waals surface area contributed by atoms with Crippen molar-refractivity contribution < 1.29 is 36.6 Å². The number of carbonyl (C=O) groups excluding carboxylic acids is 1. The molecule has 1 aromatic carbocycles. The second-order valence-corrected chi connectivity index (χ2v) is 8.89. The number of hydrogen-bond acceptors (Lipinski definition) is 10. The summed E-state index contributed by atoms with van der Waals surface area (Å²) in [5, 5.41) is 0.314. The van der Waals surface area contributed by atoms with Crippen molar-refractivity contribution in [2.75, 3.05) is 27.3 Å². The van der Waals surface area contributed by atoms with Crippen LogP contribution in [0, 0.1) is 0 Å². The lowest BCUT2D eigenvalue weighted by Gasteiger charge is -2.31. The largest absolute Gasteiger partial charge is 0.494 e. The van der Waals surface area contributed by atoms with Crippen LogP contribution in [0.4, 0.5) is 13.2 Å². The molecule has 1 aliphatic heterocycles. The number of carbonyl (C=O) groups is 1. The predicted octanol–water partition coefficient (Wildman–Crippen LogP) is 3.86. The van der Waals surface area contributed by atoms with E-state index in [2.05, 4.69) is 19.9 Å². The fourth-order valence-electron chi connectivity index (χ4n) is 4.44. The summed E-state index contributed by atoms with van der Waals surface area (Å²) in [4.78, 5) is 31.4. The monoisotopic (exact) mass is 558 g/mol. The van der Waals surface area contributed by atoms with Gasteiger partial charge in [0.15, 0.2) is 11.5 Å². The second-order valence-electron chi connectivity index (χ2n) is 8.89. The van der Waals surface area contributed by atoms with Crippen molar-refractivity contribution in [3.05, 3.63) is 53.7 Å². The van der Waals surface area contributed by atoms with E-state index in [0.717, 1.165) is 6.07 Å². The number of pyridine rings is 1. The molecule has 0 bridgehead atoms. The Kier molecular flexibility index (Phi) is 7.43. The Labute approximate surface area is 226 Å². The molecule has 3 aromatic heterocycles. The number of rotatable bonds is 7. The fourth-order valence-corrected chi connectivity index (χ4v) is 4.44. The van der Waals surface area contributed by atoms with Gasteiger partial charge in [-0.15, -0.1) is 0 Å². The first kappa shape index (κ1) is 27.1. The number of nitrogens with zero attached hydrogens (tertiary/aromatic N) is 5. The topological polar surface area (TPSA) is 139 Å². The van der Waals surface area contributed by atoms with Gasteiger partial charge in [-0.3, -0.25) is 4.79 Å². The van der Waals surface area contributed by atoms with Gasteiger partial charge in [-0.05, 0) is 24.3 Å². The summed E-state index contributed by atoms with van der Waals surface area (Å²) < 4.78 is 61.9. The minimum absolute atomic E-state index is 0.0164. The van der Waals surface area contributed by atoms with Gasteiger partial charge >= 0.3 is 12.2 Å². The maximum absolute atomic E-state index is 13.4. The van der Waals surface area contributed by atoms with Crippen LogP contribution in [0.15, 0.2) is 40.9 Å². The molecule has 5 rings (SSSR count). The lowest BCUT2D eigenvalue weighted by Crippen LogP contribution is -2.42. The Morgan fingerprint density at radius 3 is 2.52 bits per heavy atom. The molecular weight excluding hydrogens is 533 g/mol. The number of methoxy groups -OCH3 is 2. The number of alkyl halides is 3. The highest BCUT2D eigenvalue weighted by Gasteiger charge is 2.34. The molecule has 210 valence electrons. The Bertz CT molecular complexity index is 1540. The van der Waals surface area contributed by atoms with E-state index in [1.54, 1.807) is 17.0 Å². The summed E-state index contributed by atoms with van der Waals surface area (Å²) in [6.07, 6.45) is -2.23. The summed E-state index contributed by atoms with van der Waals surface area (Å²) in [6, 6.07) is 7.00. The molecule has 40 heavy (non-hydrogen) atoms. The van der Waals surface area contributed by atoms with Gasteiger partial charge in [0, 0.05) is 49.1 Å². The van der Waals surface area contributed by atoms with Gasteiger partial charge in [0.1, 0.15) is 23.1 Å². The Hall–Kier alpha value is -4.46. The van der Waals surface area contributed by atoms with E-state index < -0.39 is 11.9 Å². The van der Waals surface area contributed by atoms with Crippen LogP contribution < -0.4 is 19.9 Å². The number of hydrogen-bond donors (Lipinski definition) is 1. The number of aromatic nitrogens is 4. The van der Waals surface area contributed by atoms with E-state index in [-0.39, 0.29) is 53.2 Å². The molecule has 2 N–H and O–H groups in total. The van der Waals surface area contributed by atoms with Crippen LogP contribution in [0.2, 0.25) is 0 Å². The summed E-state index contributed by atoms with van der Waals surface area (Å²) in [5.41, 5.74) is 5.16. The lowest BCUT2D eigenvalue weighted by molar-refractivity contribution is -0.140. The molecule has 1 saturated heterocycles. The average Bonchev–Trinajstić information content (AvgIpc) is 3.40. The zero-order valence-corrected chi connectivity index (χ0v) is 21.6. The average molecular weight is 559 g/mol. The second kappa shape index (κ2) is 11.0. The Balaban J connectivity index is 1.37. The zero-order valence-electron chi connectivity index (χ0n) is 21.6. The van der Waals surface area contributed by atoms with Crippen LogP contribution in [0.5, 0.6) is 17.6 Å². The lowest BCUT2D eigenvalue weighted by atomic mass is 10.1. The van der Waals surface area contributed by atoms with E-state index in [1.165, 1.54) is 32.5 Å². The minimum Gasteiger partial charge on any atom is -0.494 e. The van der Waals surface area contributed by atoms with Crippen molar-refractivity contribution in [2.45, 2.75) is 31.7 Å². The van der Waals surface area contributed by atoms with Crippen molar-refractivity contribution in [2.24, 2.45) is 5.73 Å². The van der Waals surface area contributed by atoms with E-state index in [0.29, 0.717) is 42.8 Å². The van der Waals surface area contributed by atoms with Gasteiger partial charge in [-0.2, -0.15) is 18.2 Å². The normalized spacial score (nSPS) is 14.4. The Morgan fingerprint density at radius 1 is 1.07 bits per heavy atom. The molecular formula is C26H25F3N6O5. The van der Waals surface area contributed by atoms with Crippen molar-refractivity contribution >= 4 is 16.8 Å². The first-order valence-corrected chi connectivity index (χ1v) is 12.3. The molecule has 4 aromatic rings. The van der Waals surface area contributed by atoms with Gasteiger partial charge in [-0.25, -0.2) is 15.0 Å². The third-order valence-corrected chi connectivity index (χ3v) is 6.46. The molecule has 1 amide bonds. The van der Waals surface area contributed by atoms with Gasteiger partial charge in [0.2, 0.25) is 11.8 Å². The standard InChI is InChI=1S/C26H25F3N6O5/c1-37-17-5-3-16(15-4-6-19(26(27,28)29)32-21(15)17)23-34-22(18(13-30)40-23)24(36)35-11-8-14(9-12-35)39-25-31-10-7-20(33-25)38-2/h3-7,10,14H,8-9,11-13,30H2,1-2H3. The number of nitrogens with two attached hydrogens (primary N) is 1. The smallest absolute Gasteiger partial charge is 0.433 e. The molecule has 0 radical (unpaired) electrons. The molecule has 0 spiro atoms. The van der Waals surface area contributed by atoms with E-state index in [4.69, 9.17) is 24.4 Å². The first-order chi connectivity index (χ1) is 19.2. The van der Waals surface area contributed by atoms with Crippen LogP contribution in [0.1, 0.15) is 34.8 Å². The molecule has 1 aliphatic rings. The van der Waals surface area contributed by atoms with Crippen molar-refractivity contribution in [3.63, 3.8) is 0 Å². The number of benzene rings is 1. The van der Waals surface area contributed by atoms with Crippen molar-refractivity contribution in [1.82, 2.24) is 24.8 Å². The predicted molar refractivity (Wildman–Crippen MR) is 135 cm³/mol. The number of amides is 1. The minimum atomic E-state index is -4.63. The molecule has 0 unspecified atom stereocenters. The molecule has 14 heteroatoms. The van der Waals surface area contributed by atoms with Crippen LogP contribution in [-0.4, -0.2) is 64.2 Å². The molecule has 0 atom stereocenters. The van der Waals surface area contributed by atoms with Crippen LogP contribution in [-0.2, 0) is 12.7 Å². The summed E-state index contributed by atoms with van der Waals surface area (Å²) >= 11 is 0. The number of halogens is 3. The van der Waals surface area contributed by atoms with Crippen LogP contribution in [0.25, 0.3) is 22.4 Å². The Morgan fingerprint density at radius 2 is 1.85 bits per heavy atom. The zero-order chi connectivity index (χ0) is 28.4. The molecule has 1 fully saturated rings. The molecule has 0 aliphatic carbocycles. The molecule has 0 saturated carbocycles. The number of likely N-dealkylation sites (tertiary alicyclic amines) is 1. The van der Waals surface area contributed by atoms with Crippen molar-refractivity contribution in [3.8, 4) is 29.1 Å². The van der Waals surface area contributed by atoms with Crippen LogP contribution >= 0.6 is 0 Å². The van der Waals surface area contributed by atoms with E-state index >= 15 is 0 Å². The highest BCUT2D eigenvalue weighted by atomic mass is 19.4. The maximum Gasteiger partial charge on any atom is 0.433 e. The highest BCUT2D eigenvalue weighted by molar-refractivity contribution is 5.98. The third-order valence-electron chi connectivity index (χ3n) is 6.46. The third kappa shape index (κ3) is 5.34. The summed E-state index contributed by atoms with van der Waals surface area (Å²) in [6.45, 7) is 0.663. The van der Waals surface area contributed by atoms with Gasteiger partial charge in [0.25, 0.3) is 5.91 Å². The summed E-state index contributed by atoms with van der Waals surface area (Å²) in [7, 11) is 2.83. The highest BCUT2D eigenvalue weighted by Crippen LogP contribution is 2.37. The maximum atomic E-state index is 13.4. The fraction of sp³-hybridized carbons (Fsp3) is 0.346. The number of ether oxygens (including phenoxy) is 3. The van der Waals surface area contributed by atoms with E-state index in [9.17, 15) is 18.0 Å². The summed E-state index contributed by atoms with van der Waals surface area (Å²) in [5.74, 6) is 0.353. The number of fused-ring (bicyclic) bond motifs is 1. The quantitative estimate of drug-likeness (QED) is 0.356. The number of oxazole rings is 1. The first-order valence-electron chi connectivity index (χ1n) is 12.3. The van der Waals surface area contributed by atoms with Gasteiger partial charge < -0.3 is 29.3 Å². The molecule has 11 nitrogen and oxygen atoms in total. The molecule has 4 heterocycles. The SMILES string of the molecule is COc1ccnc(OC2CCN(C(=O)c3nc(-c4ccc(OC)c5nc(C(F)(F)F)ccc45)oc3CN)CC2)n1. The van der Waals surface area contributed by atoms with Gasteiger partial charge in [-0.1, -0.05) is 0 Å².